The second-order valence-corrected chi connectivity index (χ2v) is 8.95. The van der Waals surface area contributed by atoms with Gasteiger partial charge in [0.25, 0.3) is 0 Å². The topological polar surface area (TPSA) is 63.3 Å². The number of nitrogens with one attached hydrogen (secondary N) is 1. The van der Waals surface area contributed by atoms with Crippen LogP contribution in [-0.2, 0) is 24.3 Å². The first kappa shape index (κ1) is 25.5. The molecule has 7 heteroatoms. The van der Waals surface area contributed by atoms with E-state index in [0.29, 0.717) is 17.2 Å². The Morgan fingerprint density at radius 2 is 1.31 bits per heavy atom. The molecule has 1 fully saturated rings. The molecule has 1 amide bonds. The van der Waals surface area contributed by atoms with Gasteiger partial charge in [-0.3, -0.25) is 14.6 Å². The monoisotopic (exact) mass is 489 g/mol. The van der Waals surface area contributed by atoms with Crippen LogP contribution in [0, 0.1) is 0 Å². The highest BCUT2D eigenvalue weighted by atomic mass is 16.5. The fourth-order valence-corrected chi connectivity index (χ4v) is 4.58. The molecule has 0 atom stereocenters. The molecule has 0 radical (unpaired) electrons. The van der Waals surface area contributed by atoms with Crippen LogP contribution >= 0.6 is 0 Å². The minimum absolute atomic E-state index is 0.122. The van der Waals surface area contributed by atoms with E-state index in [4.69, 9.17) is 14.2 Å². The predicted octanol–water partition coefficient (Wildman–Crippen LogP) is 4.21. The molecule has 0 unspecified atom stereocenters. The number of anilines is 1. The van der Waals surface area contributed by atoms with Crippen molar-refractivity contribution < 1.29 is 19.0 Å². The number of carbonyl (C=O) groups excluding carboxylic acids is 1. The fourth-order valence-electron chi connectivity index (χ4n) is 4.58. The second kappa shape index (κ2) is 12.4. The first-order chi connectivity index (χ1) is 17.6. The lowest BCUT2D eigenvalue weighted by molar-refractivity contribution is -0.115. The van der Waals surface area contributed by atoms with Crippen molar-refractivity contribution in [1.82, 2.24) is 9.80 Å². The second-order valence-electron chi connectivity index (χ2n) is 8.95. The number of amides is 1. The highest BCUT2D eigenvalue weighted by Gasteiger charge is 2.19. The summed E-state index contributed by atoms with van der Waals surface area (Å²) >= 11 is 0. The van der Waals surface area contributed by atoms with Gasteiger partial charge in [0.05, 0.1) is 27.8 Å². The number of hydrogen-bond donors (Lipinski definition) is 1. The molecule has 3 aromatic carbocycles. The molecule has 1 heterocycles. The number of carbonyl (C=O) groups is 1. The lowest BCUT2D eigenvalue weighted by atomic mass is 10.1. The van der Waals surface area contributed by atoms with Gasteiger partial charge in [-0.05, 0) is 29.3 Å². The fraction of sp³-hybridized carbons (Fsp3) is 0.345. The van der Waals surface area contributed by atoms with Gasteiger partial charge < -0.3 is 19.5 Å². The van der Waals surface area contributed by atoms with E-state index in [0.717, 1.165) is 50.5 Å². The molecule has 4 rings (SSSR count). The molecular formula is C29H35N3O4. The van der Waals surface area contributed by atoms with Crippen LogP contribution in [0.15, 0.2) is 66.7 Å². The average Bonchev–Trinajstić information content (AvgIpc) is 2.91. The van der Waals surface area contributed by atoms with Gasteiger partial charge in [-0.15, -0.1) is 0 Å². The lowest BCUT2D eigenvalue weighted by Crippen LogP contribution is -2.45. The van der Waals surface area contributed by atoms with Gasteiger partial charge in [-0.25, -0.2) is 0 Å². The number of nitrogens with zero attached hydrogens (tertiary/aromatic N) is 2. The highest BCUT2D eigenvalue weighted by molar-refractivity contribution is 5.92. The SMILES string of the molecule is COc1ccc(CC(=O)Nc2ccc(CN3CCN(Cc4ccccc4)CC3)cc2)c(OC)c1OC. The number of benzene rings is 3. The van der Waals surface area contributed by atoms with Crippen LogP contribution < -0.4 is 19.5 Å². The largest absolute Gasteiger partial charge is 0.493 e. The van der Waals surface area contributed by atoms with E-state index >= 15 is 0 Å². The van der Waals surface area contributed by atoms with Crippen LogP contribution in [0.3, 0.4) is 0 Å². The van der Waals surface area contributed by atoms with Gasteiger partial charge >= 0.3 is 0 Å². The van der Waals surface area contributed by atoms with Crippen LogP contribution in [-0.4, -0.2) is 63.2 Å². The van der Waals surface area contributed by atoms with Gasteiger partial charge in [0, 0.05) is 50.5 Å². The zero-order valence-electron chi connectivity index (χ0n) is 21.3. The molecule has 0 saturated carbocycles. The molecule has 0 spiro atoms. The van der Waals surface area contributed by atoms with Crippen molar-refractivity contribution in [3.63, 3.8) is 0 Å². The Balaban J connectivity index is 1.27. The van der Waals surface area contributed by atoms with Crippen LogP contribution in [0.2, 0.25) is 0 Å². The summed E-state index contributed by atoms with van der Waals surface area (Å²) in [6.07, 6.45) is 0.165. The van der Waals surface area contributed by atoms with Gasteiger partial charge in [0.15, 0.2) is 11.5 Å². The summed E-state index contributed by atoms with van der Waals surface area (Å²) in [5.74, 6) is 1.43. The smallest absolute Gasteiger partial charge is 0.228 e. The van der Waals surface area contributed by atoms with Crippen molar-refractivity contribution in [3.05, 3.63) is 83.4 Å². The summed E-state index contributed by atoms with van der Waals surface area (Å²) in [5.41, 5.74) is 4.12. The number of rotatable bonds is 10. The third kappa shape index (κ3) is 6.56. The van der Waals surface area contributed by atoms with Crippen molar-refractivity contribution in [3.8, 4) is 17.2 Å². The normalized spacial score (nSPS) is 14.3. The summed E-state index contributed by atoms with van der Waals surface area (Å²) in [4.78, 5) is 17.7. The van der Waals surface area contributed by atoms with Crippen molar-refractivity contribution in [2.24, 2.45) is 0 Å². The summed E-state index contributed by atoms with van der Waals surface area (Å²) in [7, 11) is 4.68. The molecule has 0 bridgehead atoms. The Kier molecular flexibility index (Phi) is 8.81. The zero-order valence-corrected chi connectivity index (χ0v) is 21.3. The standard InChI is InChI=1S/C29H35N3O4/c1-34-26-14-11-24(28(35-2)29(26)36-3)19-27(33)30-25-12-9-23(10-13-25)21-32-17-15-31(16-18-32)20-22-7-5-4-6-8-22/h4-14H,15-21H2,1-3H3,(H,30,33). The van der Waals surface area contributed by atoms with Crippen LogP contribution in [0.5, 0.6) is 17.2 Å². The minimum Gasteiger partial charge on any atom is -0.493 e. The minimum atomic E-state index is -0.122. The molecule has 0 aliphatic carbocycles. The molecule has 36 heavy (non-hydrogen) atoms. The third-order valence-electron chi connectivity index (χ3n) is 6.49. The van der Waals surface area contributed by atoms with E-state index < -0.39 is 0 Å². The molecule has 1 saturated heterocycles. The maximum atomic E-state index is 12.7. The lowest BCUT2D eigenvalue weighted by Gasteiger charge is -2.34. The Morgan fingerprint density at radius 1 is 0.722 bits per heavy atom. The van der Waals surface area contributed by atoms with Gasteiger partial charge in [-0.2, -0.15) is 0 Å². The molecule has 3 aromatic rings. The first-order valence-corrected chi connectivity index (χ1v) is 12.2. The van der Waals surface area contributed by atoms with E-state index in [1.165, 1.54) is 11.1 Å². The number of piperazine rings is 1. The Labute approximate surface area is 213 Å². The van der Waals surface area contributed by atoms with E-state index in [1.54, 1.807) is 27.4 Å². The molecule has 1 N–H and O–H groups in total. The highest BCUT2D eigenvalue weighted by Crippen LogP contribution is 2.40. The van der Waals surface area contributed by atoms with E-state index in [-0.39, 0.29) is 12.3 Å². The molecular weight excluding hydrogens is 454 g/mol. The first-order valence-electron chi connectivity index (χ1n) is 12.2. The Hall–Kier alpha value is -3.55. The van der Waals surface area contributed by atoms with Crippen LogP contribution in [0.4, 0.5) is 5.69 Å². The van der Waals surface area contributed by atoms with E-state index in [2.05, 4.69) is 57.6 Å². The van der Waals surface area contributed by atoms with E-state index in [1.807, 2.05) is 18.2 Å². The summed E-state index contributed by atoms with van der Waals surface area (Å²) < 4.78 is 16.2. The average molecular weight is 490 g/mol. The summed E-state index contributed by atoms with van der Waals surface area (Å²) in [6, 6.07) is 22.3. The van der Waals surface area contributed by atoms with Crippen molar-refractivity contribution in [2.45, 2.75) is 19.5 Å². The Morgan fingerprint density at radius 3 is 1.86 bits per heavy atom. The molecule has 190 valence electrons. The maximum Gasteiger partial charge on any atom is 0.228 e. The third-order valence-corrected chi connectivity index (χ3v) is 6.49. The summed E-state index contributed by atoms with van der Waals surface area (Å²) in [5, 5.41) is 2.98. The van der Waals surface area contributed by atoms with Gasteiger partial charge in [-0.1, -0.05) is 48.5 Å². The zero-order chi connectivity index (χ0) is 25.3. The number of ether oxygens (including phenoxy) is 3. The number of methoxy groups -OCH3 is 3. The number of hydrogen-bond acceptors (Lipinski definition) is 6. The predicted molar refractivity (Wildman–Crippen MR) is 142 cm³/mol. The summed E-state index contributed by atoms with van der Waals surface area (Å²) in [6.45, 7) is 6.18. The Bertz CT molecular complexity index is 1130. The van der Waals surface area contributed by atoms with Gasteiger partial charge in [0.1, 0.15) is 0 Å². The van der Waals surface area contributed by atoms with Gasteiger partial charge in [0.2, 0.25) is 11.7 Å². The molecule has 0 aromatic heterocycles. The molecule has 1 aliphatic heterocycles. The molecule has 7 nitrogen and oxygen atoms in total. The van der Waals surface area contributed by atoms with Crippen LogP contribution in [0.1, 0.15) is 16.7 Å². The van der Waals surface area contributed by atoms with Crippen molar-refractivity contribution >= 4 is 11.6 Å². The van der Waals surface area contributed by atoms with Crippen LogP contribution in [0.25, 0.3) is 0 Å². The maximum absolute atomic E-state index is 12.7. The quantitative estimate of drug-likeness (QED) is 0.460. The van der Waals surface area contributed by atoms with Crippen molar-refractivity contribution in [2.75, 3.05) is 52.8 Å². The van der Waals surface area contributed by atoms with Crippen molar-refractivity contribution in [1.29, 1.82) is 0 Å². The van der Waals surface area contributed by atoms with E-state index in [9.17, 15) is 4.79 Å². The molecule has 1 aliphatic rings.